The van der Waals surface area contributed by atoms with E-state index < -0.39 is 0 Å². The third-order valence-corrected chi connectivity index (χ3v) is 4.31. The van der Waals surface area contributed by atoms with Gasteiger partial charge in [0.25, 0.3) is 5.56 Å². The van der Waals surface area contributed by atoms with Gasteiger partial charge in [-0.25, -0.2) is 4.68 Å². The Morgan fingerprint density at radius 3 is 2.39 bits per heavy atom. The van der Waals surface area contributed by atoms with Crippen LogP contribution in [0.5, 0.6) is 0 Å². The minimum Gasteiger partial charge on any atom is -0.350 e. The van der Waals surface area contributed by atoms with E-state index in [9.17, 15) is 14.4 Å². The van der Waals surface area contributed by atoms with Crippen molar-refractivity contribution in [2.45, 2.75) is 25.9 Å². The van der Waals surface area contributed by atoms with Crippen LogP contribution in [0.15, 0.2) is 59.4 Å². The van der Waals surface area contributed by atoms with Crippen LogP contribution < -0.4 is 10.9 Å². The smallest absolute Gasteiger partial charge is 0.275 e. The molecule has 28 heavy (non-hydrogen) atoms. The van der Waals surface area contributed by atoms with Crippen LogP contribution >= 0.6 is 0 Å². The number of amides is 1. The van der Waals surface area contributed by atoms with Crippen LogP contribution in [0.25, 0.3) is 10.8 Å². The van der Waals surface area contributed by atoms with E-state index >= 15 is 0 Å². The molecule has 0 unspecified atom stereocenters. The Labute approximate surface area is 162 Å². The largest absolute Gasteiger partial charge is 0.350 e. The van der Waals surface area contributed by atoms with E-state index in [1.165, 1.54) is 4.68 Å². The first-order valence-electron chi connectivity index (χ1n) is 8.87. The third kappa shape index (κ3) is 4.33. The normalized spacial score (nSPS) is 10.4. The van der Waals surface area contributed by atoms with Gasteiger partial charge in [-0.15, -0.1) is 6.42 Å². The molecule has 3 rings (SSSR count). The molecule has 3 aromatic rings. The van der Waals surface area contributed by atoms with Crippen molar-refractivity contribution in [3.63, 3.8) is 0 Å². The number of ketones is 1. The number of hydrogen-bond donors (Lipinski definition) is 1. The lowest BCUT2D eigenvalue weighted by Gasteiger charge is -2.10. The Hall–Kier alpha value is -3.72. The minimum absolute atomic E-state index is 0.0518. The number of Topliss-reactive ketones (excluding diaryl/α,β-unsaturated/α-hetero) is 1. The van der Waals surface area contributed by atoms with E-state index in [1.807, 2.05) is 6.07 Å². The number of aromatic nitrogens is 2. The number of rotatable bonds is 7. The highest BCUT2D eigenvalue weighted by Gasteiger charge is 2.12. The Kier molecular flexibility index (Phi) is 5.97. The van der Waals surface area contributed by atoms with Crippen LogP contribution in [0.4, 0.5) is 0 Å². The lowest BCUT2D eigenvalue weighted by Crippen LogP contribution is -2.28. The number of nitrogens with one attached hydrogen (secondary N) is 1. The van der Waals surface area contributed by atoms with Crippen LogP contribution in [-0.4, -0.2) is 21.5 Å². The summed E-state index contributed by atoms with van der Waals surface area (Å²) in [5.74, 6) is 2.06. The molecule has 140 valence electrons. The predicted octanol–water partition coefficient (Wildman–Crippen LogP) is 2.31. The lowest BCUT2D eigenvalue weighted by molar-refractivity contribution is -0.121. The molecule has 6 nitrogen and oxygen atoms in total. The van der Waals surface area contributed by atoms with Gasteiger partial charge >= 0.3 is 0 Å². The molecule has 0 aliphatic rings. The molecular formula is C22H19N3O3. The van der Waals surface area contributed by atoms with Crippen molar-refractivity contribution < 1.29 is 9.59 Å². The van der Waals surface area contributed by atoms with Crippen molar-refractivity contribution in [3.8, 4) is 12.3 Å². The first-order chi connectivity index (χ1) is 13.6. The highest BCUT2D eigenvalue weighted by Crippen LogP contribution is 2.13. The first kappa shape index (κ1) is 19.1. The number of hydrogen-bond acceptors (Lipinski definition) is 4. The molecule has 0 aliphatic heterocycles. The fraction of sp³-hybridized carbons (Fsp3) is 0.182. The molecule has 6 heteroatoms. The molecule has 1 heterocycles. The van der Waals surface area contributed by atoms with Gasteiger partial charge in [-0.1, -0.05) is 54.5 Å². The van der Waals surface area contributed by atoms with E-state index in [0.29, 0.717) is 22.0 Å². The number of fused-ring (bicyclic) bond motifs is 1. The van der Waals surface area contributed by atoms with Gasteiger partial charge in [-0.2, -0.15) is 5.10 Å². The average Bonchev–Trinajstić information content (AvgIpc) is 2.74. The monoisotopic (exact) mass is 373 g/mol. The summed E-state index contributed by atoms with van der Waals surface area (Å²) in [6, 6.07) is 15.9. The van der Waals surface area contributed by atoms with Gasteiger partial charge in [0.1, 0.15) is 6.54 Å². The molecule has 0 bridgehead atoms. The molecule has 2 aromatic carbocycles. The van der Waals surface area contributed by atoms with Crippen molar-refractivity contribution in [3.05, 3.63) is 76.2 Å². The summed E-state index contributed by atoms with van der Waals surface area (Å²) in [6.45, 7) is 0.194. The second kappa shape index (κ2) is 8.78. The van der Waals surface area contributed by atoms with Gasteiger partial charge in [-0.05, 0) is 6.07 Å². The van der Waals surface area contributed by atoms with E-state index in [1.54, 1.807) is 48.5 Å². The van der Waals surface area contributed by atoms with Gasteiger partial charge in [0.15, 0.2) is 5.78 Å². The van der Waals surface area contributed by atoms with Crippen molar-refractivity contribution in [1.29, 1.82) is 0 Å². The third-order valence-electron chi connectivity index (χ3n) is 4.31. The van der Waals surface area contributed by atoms with Crippen molar-refractivity contribution >= 4 is 22.5 Å². The minimum atomic E-state index is -0.267. The predicted molar refractivity (Wildman–Crippen MR) is 107 cm³/mol. The molecule has 0 saturated carbocycles. The maximum Gasteiger partial charge on any atom is 0.275 e. The van der Waals surface area contributed by atoms with Crippen LogP contribution in [-0.2, 0) is 17.9 Å². The molecule has 0 aliphatic carbocycles. The highest BCUT2D eigenvalue weighted by molar-refractivity contribution is 5.97. The van der Waals surface area contributed by atoms with E-state index in [0.717, 1.165) is 0 Å². The maximum atomic E-state index is 12.4. The van der Waals surface area contributed by atoms with Crippen LogP contribution in [0.1, 0.15) is 28.9 Å². The molecule has 1 amide bonds. The zero-order valence-electron chi connectivity index (χ0n) is 15.2. The van der Waals surface area contributed by atoms with Gasteiger partial charge < -0.3 is 5.32 Å². The zero-order chi connectivity index (χ0) is 19.9. The second-order valence-corrected chi connectivity index (χ2v) is 6.23. The second-order valence-electron chi connectivity index (χ2n) is 6.23. The topological polar surface area (TPSA) is 81.1 Å². The van der Waals surface area contributed by atoms with E-state index in [4.69, 9.17) is 6.42 Å². The summed E-state index contributed by atoms with van der Waals surface area (Å²) in [7, 11) is 0. The molecule has 0 fully saturated rings. The number of carbonyl (C=O) groups excluding carboxylic acids is 2. The molecule has 0 atom stereocenters. The lowest BCUT2D eigenvalue weighted by atomic mass is 10.1. The van der Waals surface area contributed by atoms with Crippen LogP contribution in [0, 0.1) is 12.3 Å². The van der Waals surface area contributed by atoms with Crippen molar-refractivity contribution in [2.24, 2.45) is 0 Å². The fourth-order valence-corrected chi connectivity index (χ4v) is 2.90. The summed E-state index contributed by atoms with van der Waals surface area (Å²) < 4.78 is 1.21. The van der Waals surface area contributed by atoms with Gasteiger partial charge in [-0.3, -0.25) is 14.4 Å². The quantitative estimate of drug-likeness (QED) is 0.509. The summed E-state index contributed by atoms with van der Waals surface area (Å²) >= 11 is 0. The van der Waals surface area contributed by atoms with Crippen molar-refractivity contribution in [1.82, 2.24) is 15.1 Å². The summed E-state index contributed by atoms with van der Waals surface area (Å²) in [4.78, 5) is 36.7. The Balaban J connectivity index is 1.69. The number of terminal acetylenes is 1. The first-order valence-corrected chi connectivity index (χ1v) is 8.87. The number of carbonyl (C=O) groups is 2. The fourth-order valence-electron chi connectivity index (χ4n) is 2.90. The Morgan fingerprint density at radius 1 is 1.00 bits per heavy atom. The standard InChI is InChI=1S/C22H19N3O3/c1-2-14-25-22(28)18-11-7-6-10-17(18)19(24-25)15-23-21(27)13-12-20(26)16-8-4-3-5-9-16/h1,3-11H,12-15H2,(H,23,27). The SMILES string of the molecule is C#CCn1nc(CNC(=O)CCC(=O)c2ccccc2)c2ccccc2c1=O. The van der Waals surface area contributed by atoms with E-state index in [-0.39, 0.29) is 43.2 Å². The molecule has 0 saturated heterocycles. The van der Waals surface area contributed by atoms with Gasteiger partial charge in [0.2, 0.25) is 5.91 Å². The Morgan fingerprint density at radius 2 is 1.68 bits per heavy atom. The summed E-state index contributed by atoms with van der Waals surface area (Å²) in [5, 5.41) is 8.22. The summed E-state index contributed by atoms with van der Waals surface area (Å²) in [5.41, 5.74) is 0.870. The summed E-state index contributed by atoms with van der Waals surface area (Å²) in [6.07, 6.45) is 5.51. The molecule has 0 radical (unpaired) electrons. The average molecular weight is 373 g/mol. The number of nitrogens with zero attached hydrogens (tertiary/aromatic N) is 2. The molecule has 1 N–H and O–H groups in total. The molecule has 0 spiro atoms. The van der Waals surface area contributed by atoms with Gasteiger partial charge in [0, 0.05) is 23.8 Å². The maximum absolute atomic E-state index is 12.4. The van der Waals surface area contributed by atoms with Crippen LogP contribution in [0.2, 0.25) is 0 Å². The van der Waals surface area contributed by atoms with Crippen molar-refractivity contribution in [2.75, 3.05) is 0 Å². The zero-order valence-corrected chi connectivity index (χ0v) is 15.2. The van der Waals surface area contributed by atoms with E-state index in [2.05, 4.69) is 16.3 Å². The molecular weight excluding hydrogens is 354 g/mol. The molecule has 1 aromatic heterocycles. The Bertz CT molecular complexity index is 1110. The number of benzene rings is 2. The van der Waals surface area contributed by atoms with Gasteiger partial charge in [0.05, 0.1) is 17.6 Å². The van der Waals surface area contributed by atoms with Crippen LogP contribution in [0.3, 0.4) is 0 Å². The highest BCUT2D eigenvalue weighted by atomic mass is 16.2.